The van der Waals surface area contributed by atoms with Crippen molar-refractivity contribution in [1.82, 2.24) is 19.6 Å². The van der Waals surface area contributed by atoms with E-state index in [9.17, 15) is 9.59 Å². The fourth-order valence-electron chi connectivity index (χ4n) is 2.54. The number of pyridine rings is 1. The Bertz CT molecular complexity index is 1120. The summed E-state index contributed by atoms with van der Waals surface area (Å²) in [6, 6.07) is 10.7. The van der Waals surface area contributed by atoms with E-state index in [1.165, 1.54) is 18.3 Å². The van der Waals surface area contributed by atoms with Gasteiger partial charge in [0.2, 0.25) is 10.9 Å². The highest BCUT2D eigenvalue weighted by Crippen LogP contribution is 2.27. The van der Waals surface area contributed by atoms with Crippen molar-refractivity contribution >= 4 is 39.7 Å². The molecule has 0 aliphatic heterocycles. The number of hydrogen-bond donors (Lipinski definition) is 2. The Hall–Kier alpha value is -3.59. The molecule has 9 heteroatoms. The van der Waals surface area contributed by atoms with E-state index in [0.717, 1.165) is 16.9 Å². The molecule has 0 atom stereocenters. The van der Waals surface area contributed by atoms with E-state index in [2.05, 4.69) is 25.7 Å². The van der Waals surface area contributed by atoms with Crippen molar-refractivity contribution in [3.63, 3.8) is 0 Å². The standard InChI is InChI=1S/C18H14N6O2S/c1-11(25)20-14-4-2-12(3-5-14)15-10-27-18-22-17(23-24(15)18)21-16(26)13-6-8-19-9-7-13/h2-10H,1H3,(H,20,25)(H,21,23,26). The highest BCUT2D eigenvalue weighted by molar-refractivity contribution is 7.15. The lowest BCUT2D eigenvalue weighted by Gasteiger charge is -2.03. The molecule has 3 aromatic heterocycles. The summed E-state index contributed by atoms with van der Waals surface area (Å²) in [4.78, 5) is 32.3. The van der Waals surface area contributed by atoms with Crippen LogP contribution in [0.3, 0.4) is 0 Å². The molecule has 0 bridgehead atoms. The van der Waals surface area contributed by atoms with Gasteiger partial charge in [0.25, 0.3) is 11.9 Å². The number of aromatic nitrogens is 4. The Morgan fingerprint density at radius 2 is 1.78 bits per heavy atom. The van der Waals surface area contributed by atoms with E-state index in [0.29, 0.717) is 10.5 Å². The minimum atomic E-state index is -0.295. The highest BCUT2D eigenvalue weighted by atomic mass is 32.1. The van der Waals surface area contributed by atoms with Gasteiger partial charge in [0.15, 0.2) is 0 Å². The van der Waals surface area contributed by atoms with E-state index in [4.69, 9.17) is 0 Å². The quantitative estimate of drug-likeness (QED) is 0.568. The maximum Gasteiger partial charge on any atom is 0.258 e. The van der Waals surface area contributed by atoms with E-state index >= 15 is 0 Å². The van der Waals surface area contributed by atoms with Gasteiger partial charge in [-0.2, -0.15) is 4.98 Å². The summed E-state index contributed by atoms with van der Waals surface area (Å²) >= 11 is 1.43. The smallest absolute Gasteiger partial charge is 0.258 e. The molecule has 0 unspecified atom stereocenters. The topological polar surface area (TPSA) is 101 Å². The van der Waals surface area contributed by atoms with Gasteiger partial charge in [-0.25, -0.2) is 4.52 Å². The highest BCUT2D eigenvalue weighted by Gasteiger charge is 2.14. The molecular weight excluding hydrogens is 364 g/mol. The molecule has 3 heterocycles. The molecule has 134 valence electrons. The van der Waals surface area contributed by atoms with Crippen LogP contribution in [-0.4, -0.2) is 31.4 Å². The van der Waals surface area contributed by atoms with E-state index < -0.39 is 0 Å². The number of benzene rings is 1. The minimum Gasteiger partial charge on any atom is -0.326 e. The first kappa shape index (κ1) is 16.9. The van der Waals surface area contributed by atoms with Gasteiger partial charge < -0.3 is 5.32 Å². The number of amides is 2. The number of carbonyl (C=O) groups is 2. The van der Waals surface area contributed by atoms with Crippen LogP contribution in [0.2, 0.25) is 0 Å². The molecule has 8 nitrogen and oxygen atoms in total. The summed E-state index contributed by atoms with van der Waals surface area (Å²) < 4.78 is 1.68. The molecule has 0 aliphatic rings. The van der Waals surface area contributed by atoms with Gasteiger partial charge in [-0.15, -0.1) is 16.4 Å². The third-order valence-corrected chi connectivity index (χ3v) is 4.57. The normalized spacial score (nSPS) is 10.7. The van der Waals surface area contributed by atoms with Gasteiger partial charge in [0.05, 0.1) is 5.69 Å². The second-order valence-corrected chi connectivity index (χ2v) is 6.54. The Labute approximate surface area is 157 Å². The summed E-state index contributed by atoms with van der Waals surface area (Å²) in [7, 11) is 0. The van der Waals surface area contributed by atoms with Crippen molar-refractivity contribution in [3.05, 3.63) is 59.7 Å². The second kappa shape index (κ2) is 6.96. The van der Waals surface area contributed by atoms with Crippen molar-refractivity contribution in [2.24, 2.45) is 0 Å². The first-order valence-electron chi connectivity index (χ1n) is 8.04. The van der Waals surface area contributed by atoms with Gasteiger partial charge >= 0.3 is 0 Å². The summed E-state index contributed by atoms with van der Waals surface area (Å²) in [5.41, 5.74) is 2.98. The summed E-state index contributed by atoms with van der Waals surface area (Å²) in [5, 5.41) is 11.8. The van der Waals surface area contributed by atoms with Crippen molar-refractivity contribution in [2.45, 2.75) is 6.92 Å². The van der Waals surface area contributed by atoms with Crippen molar-refractivity contribution < 1.29 is 9.59 Å². The predicted molar refractivity (Wildman–Crippen MR) is 103 cm³/mol. The minimum absolute atomic E-state index is 0.119. The zero-order chi connectivity index (χ0) is 18.8. The van der Waals surface area contributed by atoms with Crippen LogP contribution in [0.5, 0.6) is 0 Å². The fraction of sp³-hybridized carbons (Fsp3) is 0.0556. The Kier molecular flexibility index (Phi) is 4.35. The van der Waals surface area contributed by atoms with E-state index in [1.807, 2.05) is 29.6 Å². The molecule has 0 spiro atoms. The first-order valence-corrected chi connectivity index (χ1v) is 8.92. The molecule has 0 radical (unpaired) electrons. The maximum atomic E-state index is 12.2. The van der Waals surface area contributed by atoms with E-state index in [-0.39, 0.29) is 17.8 Å². The number of anilines is 2. The fourth-order valence-corrected chi connectivity index (χ4v) is 3.37. The number of fused-ring (bicyclic) bond motifs is 1. The number of hydrogen-bond acceptors (Lipinski definition) is 6. The monoisotopic (exact) mass is 378 g/mol. The third-order valence-electron chi connectivity index (χ3n) is 3.75. The molecule has 4 aromatic rings. The van der Waals surface area contributed by atoms with Crippen molar-refractivity contribution in [1.29, 1.82) is 0 Å². The number of nitrogens with zero attached hydrogens (tertiary/aromatic N) is 4. The van der Waals surface area contributed by atoms with Crippen molar-refractivity contribution in [3.8, 4) is 11.3 Å². The lowest BCUT2D eigenvalue weighted by molar-refractivity contribution is -0.114. The van der Waals surface area contributed by atoms with Crippen LogP contribution in [0.1, 0.15) is 17.3 Å². The van der Waals surface area contributed by atoms with Crippen LogP contribution >= 0.6 is 11.3 Å². The van der Waals surface area contributed by atoms with Gasteiger partial charge in [0, 0.05) is 41.5 Å². The number of nitrogens with one attached hydrogen (secondary N) is 2. The summed E-state index contributed by atoms with van der Waals surface area (Å²) in [6.45, 7) is 1.47. The summed E-state index contributed by atoms with van der Waals surface area (Å²) in [5.74, 6) is -0.178. The van der Waals surface area contributed by atoms with Gasteiger partial charge in [-0.1, -0.05) is 12.1 Å². The molecule has 1 aromatic carbocycles. The largest absolute Gasteiger partial charge is 0.326 e. The number of rotatable bonds is 4. The van der Waals surface area contributed by atoms with Gasteiger partial charge in [0.1, 0.15) is 0 Å². The molecule has 0 saturated carbocycles. The predicted octanol–water partition coefficient (Wildman–Crippen LogP) is 3.06. The van der Waals surface area contributed by atoms with Crippen LogP contribution in [0.4, 0.5) is 11.6 Å². The zero-order valence-electron chi connectivity index (χ0n) is 14.2. The second-order valence-electron chi connectivity index (χ2n) is 5.70. The number of thiazole rings is 1. The lowest BCUT2D eigenvalue weighted by atomic mass is 10.1. The number of carbonyl (C=O) groups excluding carboxylic acids is 2. The molecule has 0 saturated heterocycles. The average molecular weight is 378 g/mol. The average Bonchev–Trinajstić information content (AvgIpc) is 3.23. The molecular formula is C18H14N6O2S. The molecule has 2 amide bonds. The van der Waals surface area contributed by atoms with Gasteiger partial charge in [-0.3, -0.25) is 19.9 Å². The zero-order valence-corrected chi connectivity index (χ0v) is 15.0. The molecule has 2 N–H and O–H groups in total. The van der Waals surface area contributed by atoms with Crippen LogP contribution in [-0.2, 0) is 4.79 Å². The molecule has 27 heavy (non-hydrogen) atoms. The molecule has 0 aliphatic carbocycles. The van der Waals surface area contributed by atoms with Crippen LogP contribution in [0.25, 0.3) is 16.2 Å². The maximum absolute atomic E-state index is 12.2. The van der Waals surface area contributed by atoms with Crippen LogP contribution in [0.15, 0.2) is 54.2 Å². The van der Waals surface area contributed by atoms with Gasteiger partial charge in [-0.05, 0) is 24.3 Å². The SMILES string of the molecule is CC(=O)Nc1ccc(-c2csc3nc(NC(=O)c4ccncc4)nn23)cc1. The Morgan fingerprint density at radius 3 is 2.48 bits per heavy atom. The Balaban J connectivity index is 1.59. The van der Waals surface area contributed by atoms with Crippen LogP contribution < -0.4 is 10.6 Å². The van der Waals surface area contributed by atoms with Crippen molar-refractivity contribution in [2.75, 3.05) is 10.6 Å². The molecule has 4 rings (SSSR count). The Morgan fingerprint density at radius 1 is 1.04 bits per heavy atom. The van der Waals surface area contributed by atoms with Crippen LogP contribution in [0, 0.1) is 0 Å². The lowest BCUT2D eigenvalue weighted by Crippen LogP contribution is -2.13. The van der Waals surface area contributed by atoms with E-state index in [1.54, 1.807) is 29.0 Å². The third kappa shape index (κ3) is 3.53. The first-order chi connectivity index (χ1) is 13.1. The molecule has 0 fully saturated rings. The summed E-state index contributed by atoms with van der Waals surface area (Å²) in [6.07, 6.45) is 3.10.